The van der Waals surface area contributed by atoms with E-state index >= 15 is 0 Å². The maximum Gasteiger partial charge on any atom is 0.416 e. The number of fused-ring (bicyclic) bond motifs is 1. The zero-order valence-corrected chi connectivity index (χ0v) is 13.6. The van der Waals surface area contributed by atoms with E-state index in [9.17, 15) is 19.5 Å². The van der Waals surface area contributed by atoms with Gasteiger partial charge in [0.15, 0.2) is 0 Å². The molecule has 0 atom stereocenters. The molecular formula is C17H20N2O4. The number of aldehydes is 1. The van der Waals surface area contributed by atoms with Gasteiger partial charge >= 0.3 is 6.09 Å². The Kier molecular flexibility index (Phi) is 4.27. The number of aromatic nitrogens is 1. The molecule has 23 heavy (non-hydrogen) atoms. The molecule has 1 heterocycles. The first-order valence-electron chi connectivity index (χ1n) is 7.29. The van der Waals surface area contributed by atoms with Crippen LogP contribution in [0.2, 0.25) is 0 Å². The molecule has 0 radical (unpaired) electrons. The van der Waals surface area contributed by atoms with Crippen LogP contribution < -0.4 is 5.32 Å². The Morgan fingerprint density at radius 2 is 1.96 bits per heavy atom. The minimum atomic E-state index is -1.11. The Balaban J connectivity index is 2.92. The van der Waals surface area contributed by atoms with Crippen molar-refractivity contribution < 1.29 is 19.5 Å². The summed E-state index contributed by atoms with van der Waals surface area (Å²) in [7, 11) is 0. The molecule has 122 valence electrons. The number of carbonyl (C=O) groups excluding carboxylic acids is 2. The Hall–Kier alpha value is -2.63. The predicted molar refractivity (Wildman–Crippen MR) is 88.1 cm³/mol. The maximum atomic E-state index is 11.8. The quantitative estimate of drug-likeness (QED) is 0.851. The van der Waals surface area contributed by atoms with Gasteiger partial charge in [0.2, 0.25) is 5.91 Å². The van der Waals surface area contributed by atoms with Crippen LogP contribution in [0, 0.1) is 0 Å². The second-order valence-electron chi connectivity index (χ2n) is 6.50. The molecule has 0 saturated heterocycles. The topological polar surface area (TPSA) is 88.4 Å². The minimum Gasteiger partial charge on any atom is -0.464 e. The van der Waals surface area contributed by atoms with E-state index < -0.39 is 11.5 Å². The van der Waals surface area contributed by atoms with Crippen molar-refractivity contribution >= 4 is 34.9 Å². The van der Waals surface area contributed by atoms with Gasteiger partial charge in [-0.15, -0.1) is 0 Å². The van der Waals surface area contributed by atoms with Crippen LogP contribution in [-0.2, 0) is 21.4 Å². The van der Waals surface area contributed by atoms with E-state index in [-0.39, 0.29) is 12.3 Å². The third kappa shape index (κ3) is 3.11. The first-order valence-corrected chi connectivity index (χ1v) is 7.29. The maximum absolute atomic E-state index is 11.8. The average Bonchev–Trinajstić information content (AvgIpc) is 2.73. The van der Waals surface area contributed by atoms with Crippen LogP contribution in [-0.4, -0.2) is 28.0 Å². The molecule has 6 heteroatoms. The molecular weight excluding hydrogens is 296 g/mol. The number of anilines is 1. The molecule has 6 nitrogen and oxygen atoms in total. The van der Waals surface area contributed by atoms with Crippen LogP contribution in [0.3, 0.4) is 0 Å². The van der Waals surface area contributed by atoms with E-state index in [1.165, 1.54) is 11.5 Å². The summed E-state index contributed by atoms with van der Waals surface area (Å²) in [4.78, 5) is 34.1. The molecule has 2 aromatic rings. The van der Waals surface area contributed by atoms with Crippen molar-refractivity contribution in [2.75, 3.05) is 5.32 Å². The number of nitrogens with zero attached hydrogens (tertiary/aromatic N) is 1. The van der Waals surface area contributed by atoms with E-state index in [2.05, 4.69) is 5.32 Å². The molecule has 1 aromatic carbocycles. The minimum absolute atomic E-state index is 0.235. The highest BCUT2D eigenvalue weighted by Gasteiger charge is 2.30. The van der Waals surface area contributed by atoms with Crippen LogP contribution in [0.1, 0.15) is 39.0 Å². The van der Waals surface area contributed by atoms with Crippen molar-refractivity contribution in [1.82, 2.24) is 4.57 Å². The third-order valence-electron chi connectivity index (χ3n) is 3.55. The number of hydrogen-bond donors (Lipinski definition) is 2. The fourth-order valence-electron chi connectivity index (χ4n) is 2.77. The van der Waals surface area contributed by atoms with Crippen LogP contribution in [0.15, 0.2) is 18.2 Å². The van der Waals surface area contributed by atoms with Crippen molar-refractivity contribution in [2.45, 2.75) is 39.5 Å². The molecule has 0 bridgehead atoms. The zero-order chi connectivity index (χ0) is 17.4. The van der Waals surface area contributed by atoms with E-state index in [1.807, 2.05) is 20.8 Å². The van der Waals surface area contributed by atoms with Crippen molar-refractivity contribution in [3.05, 3.63) is 29.5 Å². The van der Waals surface area contributed by atoms with Gasteiger partial charge in [-0.2, -0.15) is 0 Å². The first kappa shape index (κ1) is 16.7. The van der Waals surface area contributed by atoms with Crippen molar-refractivity contribution in [3.63, 3.8) is 0 Å². The lowest BCUT2D eigenvalue weighted by molar-refractivity contribution is -0.114. The summed E-state index contributed by atoms with van der Waals surface area (Å²) in [5, 5.41) is 13.0. The highest BCUT2D eigenvalue weighted by Crippen LogP contribution is 2.39. The predicted octanol–water partition coefficient (Wildman–Crippen LogP) is 3.16. The van der Waals surface area contributed by atoms with Gasteiger partial charge in [0, 0.05) is 24.1 Å². The van der Waals surface area contributed by atoms with Crippen LogP contribution in [0.25, 0.3) is 10.9 Å². The number of carbonyl (C=O) groups is 3. The SMILES string of the molecule is CC(=O)Nc1c(C(C)(C)C)n(C(=O)O)c2ccc(CC=O)cc12. The lowest BCUT2D eigenvalue weighted by atomic mass is 9.90. The number of nitrogens with one attached hydrogen (secondary N) is 1. The molecule has 0 saturated carbocycles. The largest absolute Gasteiger partial charge is 0.464 e. The van der Waals surface area contributed by atoms with Gasteiger partial charge in [0.05, 0.1) is 16.9 Å². The van der Waals surface area contributed by atoms with Gasteiger partial charge < -0.3 is 15.2 Å². The molecule has 2 rings (SSSR count). The van der Waals surface area contributed by atoms with Gasteiger partial charge in [-0.25, -0.2) is 9.36 Å². The standard InChI is InChI=1S/C17H20N2O4/c1-10(21)18-14-12-9-11(7-8-20)5-6-13(12)19(16(22)23)15(14)17(2,3)4/h5-6,8-9H,7H2,1-4H3,(H,18,21)(H,22,23). The average molecular weight is 316 g/mol. The van der Waals surface area contributed by atoms with Crippen LogP contribution in [0.5, 0.6) is 0 Å². The zero-order valence-electron chi connectivity index (χ0n) is 13.6. The van der Waals surface area contributed by atoms with E-state index in [0.29, 0.717) is 22.3 Å². The van der Waals surface area contributed by atoms with Crippen LogP contribution >= 0.6 is 0 Å². The summed E-state index contributed by atoms with van der Waals surface area (Å²) in [6.45, 7) is 7.04. The number of benzene rings is 1. The van der Waals surface area contributed by atoms with Crippen LogP contribution in [0.4, 0.5) is 10.5 Å². The normalized spacial score (nSPS) is 11.5. The number of carboxylic acid groups (broad SMARTS) is 1. The number of hydrogen-bond acceptors (Lipinski definition) is 3. The molecule has 1 aromatic heterocycles. The number of amides is 1. The second-order valence-corrected chi connectivity index (χ2v) is 6.50. The Bertz CT molecular complexity index is 797. The summed E-state index contributed by atoms with van der Waals surface area (Å²) in [5.41, 5.74) is 1.75. The second kappa shape index (κ2) is 5.87. The summed E-state index contributed by atoms with van der Waals surface area (Å²) in [5.74, 6) is -0.277. The molecule has 1 amide bonds. The molecule has 0 aliphatic heterocycles. The first-order chi connectivity index (χ1) is 10.7. The summed E-state index contributed by atoms with van der Waals surface area (Å²) in [6.07, 6.45) is -0.0870. The van der Waals surface area contributed by atoms with Gasteiger partial charge in [-0.05, 0) is 17.7 Å². The number of rotatable bonds is 3. The third-order valence-corrected chi connectivity index (χ3v) is 3.55. The van der Waals surface area contributed by atoms with Gasteiger partial charge in [0.25, 0.3) is 0 Å². The lowest BCUT2D eigenvalue weighted by Gasteiger charge is -2.22. The molecule has 0 spiro atoms. The monoisotopic (exact) mass is 316 g/mol. The highest BCUT2D eigenvalue weighted by molar-refractivity contribution is 6.06. The Labute approximate surface area is 134 Å². The Morgan fingerprint density at radius 1 is 1.30 bits per heavy atom. The Morgan fingerprint density at radius 3 is 2.43 bits per heavy atom. The van der Waals surface area contributed by atoms with E-state index in [1.54, 1.807) is 18.2 Å². The smallest absolute Gasteiger partial charge is 0.416 e. The van der Waals surface area contributed by atoms with E-state index in [0.717, 1.165) is 11.8 Å². The van der Waals surface area contributed by atoms with E-state index in [4.69, 9.17) is 0 Å². The van der Waals surface area contributed by atoms with Crippen molar-refractivity contribution in [1.29, 1.82) is 0 Å². The van der Waals surface area contributed by atoms with Crippen molar-refractivity contribution in [3.8, 4) is 0 Å². The molecule has 0 unspecified atom stereocenters. The van der Waals surface area contributed by atoms with Gasteiger partial charge in [-0.1, -0.05) is 26.8 Å². The highest BCUT2D eigenvalue weighted by atomic mass is 16.4. The molecule has 2 N–H and O–H groups in total. The van der Waals surface area contributed by atoms with Gasteiger partial charge in [-0.3, -0.25) is 4.79 Å². The molecule has 0 aliphatic carbocycles. The lowest BCUT2D eigenvalue weighted by Crippen LogP contribution is -2.23. The summed E-state index contributed by atoms with van der Waals surface area (Å²) >= 11 is 0. The van der Waals surface area contributed by atoms with Gasteiger partial charge in [0.1, 0.15) is 6.29 Å². The summed E-state index contributed by atoms with van der Waals surface area (Å²) < 4.78 is 1.20. The fraction of sp³-hybridized carbons (Fsp3) is 0.353. The summed E-state index contributed by atoms with van der Waals surface area (Å²) in [6, 6.07) is 5.15. The fourth-order valence-corrected chi connectivity index (χ4v) is 2.77. The molecule has 0 aliphatic rings. The van der Waals surface area contributed by atoms with Crippen molar-refractivity contribution in [2.24, 2.45) is 0 Å². The molecule has 0 fully saturated rings.